The number of nitrogens with two attached hydrogens (primary N) is 1. The van der Waals surface area contributed by atoms with Crippen LogP contribution in [0.1, 0.15) is 13.3 Å². The summed E-state index contributed by atoms with van der Waals surface area (Å²) >= 11 is 0. The number of carboxylic acid groups (broad SMARTS) is 1. The van der Waals surface area contributed by atoms with Crippen molar-refractivity contribution in [2.24, 2.45) is 5.73 Å². The van der Waals surface area contributed by atoms with Gasteiger partial charge in [-0.25, -0.2) is 0 Å². The van der Waals surface area contributed by atoms with Gasteiger partial charge in [0, 0.05) is 6.04 Å². The SMILES string of the molecule is CCC(N)C(C(=O)O)P(=O)(O)O. The number of hydrogen-bond acceptors (Lipinski definition) is 3. The summed E-state index contributed by atoms with van der Waals surface area (Å²) in [5.74, 6) is -1.56. The van der Waals surface area contributed by atoms with Gasteiger partial charge in [0.2, 0.25) is 0 Å². The maximum absolute atomic E-state index is 10.6. The molecule has 0 aliphatic heterocycles. The van der Waals surface area contributed by atoms with Crippen molar-refractivity contribution in [1.29, 1.82) is 0 Å². The van der Waals surface area contributed by atoms with Gasteiger partial charge in [-0.05, 0) is 6.42 Å². The summed E-state index contributed by atoms with van der Waals surface area (Å²) in [7, 11) is -4.63. The third kappa shape index (κ3) is 2.91. The molecular weight excluding hydrogens is 185 g/mol. The lowest BCUT2D eigenvalue weighted by Gasteiger charge is -2.19. The van der Waals surface area contributed by atoms with Crippen LogP contribution in [0.5, 0.6) is 0 Å². The van der Waals surface area contributed by atoms with Crippen LogP contribution < -0.4 is 5.73 Å². The predicted octanol–water partition coefficient (Wildman–Crippen LogP) is -0.645. The normalized spacial score (nSPS) is 17.0. The van der Waals surface area contributed by atoms with E-state index in [1.807, 2.05) is 0 Å². The fourth-order valence-corrected chi connectivity index (χ4v) is 1.80. The number of hydrogen-bond donors (Lipinski definition) is 4. The zero-order chi connectivity index (χ0) is 9.94. The number of rotatable bonds is 4. The molecule has 7 heteroatoms. The van der Waals surface area contributed by atoms with Crippen LogP contribution in [0.3, 0.4) is 0 Å². The molecule has 0 amide bonds. The molecule has 0 radical (unpaired) electrons. The Kier molecular flexibility index (Phi) is 3.86. The molecule has 0 rings (SSSR count). The fourth-order valence-electron chi connectivity index (χ4n) is 0.800. The van der Waals surface area contributed by atoms with Crippen molar-refractivity contribution < 1.29 is 24.3 Å². The van der Waals surface area contributed by atoms with E-state index in [0.29, 0.717) is 0 Å². The number of carbonyl (C=O) groups is 1. The minimum atomic E-state index is -4.63. The Morgan fingerprint density at radius 2 is 2.00 bits per heavy atom. The average Bonchev–Trinajstić information content (AvgIpc) is 1.83. The quantitative estimate of drug-likeness (QED) is 0.444. The summed E-state index contributed by atoms with van der Waals surface area (Å²) < 4.78 is 10.6. The van der Waals surface area contributed by atoms with Crippen LogP contribution in [-0.4, -0.2) is 32.6 Å². The van der Waals surface area contributed by atoms with Gasteiger partial charge in [0.15, 0.2) is 5.66 Å². The smallest absolute Gasteiger partial charge is 0.341 e. The van der Waals surface area contributed by atoms with Crippen LogP contribution in [0.2, 0.25) is 0 Å². The van der Waals surface area contributed by atoms with Gasteiger partial charge in [0.1, 0.15) is 0 Å². The first kappa shape index (κ1) is 11.6. The van der Waals surface area contributed by atoms with Gasteiger partial charge >= 0.3 is 13.6 Å². The zero-order valence-electron chi connectivity index (χ0n) is 6.54. The molecule has 0 bridgehead atoms. The Bertz CT molecular complexity index is 212. The topological polar surface area (TPSA) is 121 Å². The molecule has 12 heavy (non-hydrogen) atoms. The molecule has 0 aliphatic rings. The molecule has 0 saturated carbocycles. The highest BCUT2D eigenvalue weighted by molar-refractivity contribution is 7.53. The molecule has 72 valence electrons. The fraction of sp³-hybridized carbons (Fsp3) is 0.800. The lowest BCUT2D eigenvalue weighted by molar-refractivity contribution is -0.137. The van der Waals surface area contributed by atoms with Crippen LogP contribution in [0.4, 0.5) is 0 Å². The van der Waals surface area contributed by atoms with Gasteiger partial charge in [0.25, 0.3) is 0 Å². The van der Waals surface area contributed by atoms with Gasteiger partial charge < -0.3 is 20.6 Å². The van der Waals surface area contributed by atoms with E-state index in [4.69, 9.17) is 20.6 Å². The molecule has 0 saturated heterocycles. The van der Waals surface area contributed by atoms with E-state index in [-0.39, 0.29) is 6.42 Å². The first-order valence-electron chi connectivity index (χ1n) is 3.34. The van der Waals surface area contributed by atoms with Gasteiger partial charge in [-0.1, -0.05) is 6.92 Å². The molecule has 0 fully saturated rings. The highest BCUT2D eigenvalue weighted by Crippen LogP contribution is 2.43. The molecule has 0 aliphatic carbocycles. The van der Waals surface area contributed by atoms with Crippen molar-refractivity contribution in [3.8, 4) is 0 Å². The first-order valence-corrected chi connectivity index (χ1v) is 5.02. The summed E-state index contributed by atoms with van der Waals surface area (Å²) in [5, 5.41) is 8.44. The Labute approximate surface area is 69.5 Å². The number of carboxylic acids is 1. The largest absolute Gasteiger partial charge is 0.481 e. The van der Waals surface area contributed by atoms with Gasteiger partial charge in [-0.2, -0.15) is 0 Å². The average molecular weight is 197 g/mol. The molecule has 6 nitrogen and oxygen atoms in total. The van der Waals surface area contributed by atoms with Crippen molar-refractivity contribution in [2.75, 3.05) is 0 Å². The Balaban J connectivity index is 4.68. The number of aliphatic carboxylic acids is 1. The van der Waals surface area contributed by atoms with Crippen LogP contribution in [-0.2, 0) is 9.36 Å². The Morgan fingerprint density at radius 3 is 2.08 bits per heavy atom. The van der Waals surface area contributed by atoms with Crippen LogP contribution in [0.25, 0.3) is 0 Å². The molecule has 0 aromatic heterocycles. The Morgan fingerprint density at radius 1 is 1.58 bits per heavy atom. The maximum Gasteiger partial charge on any atom is 0.341 e. The van der Waals surface area contributed by atoms with E-state index in [1.165, 1.54) is 0 Å². The second-order valence-electron chi connectivity index (χ2n) is 2.44. The molecule has 0 spiro atoms. The van der Waals surface area contributed by atoms with Crippen molar-refractivity contribution in [2.45, 2.75) is 25.0 Å². The summed E-state index contributed by atoms with van der Waals surface area (Å²) in [5.41, 5.74) is 3.44. The summed E-state index contributed by atoms with van der Waals surface area (Å²) in [4.78, 5) is 27.6. The molecule has 0 aromatic carbocycles. The minimum Gasteiger partial charge on any atom is -0.481 e. The lowest BCUT2D eigenvalue weighted by atomic mass is 10.2. The molecule has 5 N–H and O–H groups in total. The first-order chi connectivity index (χ1) is 5.30. The maximum atomic E-state index is 10.6. The summed E-state index contributed by atoms with van der Waals surface area (Å²) in [6.07, 6.45) is 0.210. The monoisotopic (exact) mass is 197 g/mol. The minimum absolute atomic E-state index is 0.210. The van der Waals surface area contributed by atoms with E-state index < -0.39 is 25.3 Å². The van der Waals surface area contributed by atoms with Gasteiger partial charge in [-0.15, -0.1) is 0 Å². The highest BCUT2D eigenvalue weighted by atomic mass is 31.2. The molecule has 2 atom stereocenters. The van der Waals surface area contributed by atoms with E-state index in [9.17, 15) is 9.36 Å². The Hall–Kier alpha value is -0.420. The van der Waals surface area contributed by atoms with Gasteiger partial charge in [0.05, 0.1) is 0 Å². The van der Waals surface area contributed by atoms with Crippen molar-refractivity contribution in [3.05, 3.63) is 0 Å². The van der Waals surface area contributed by atoms with Crippen molar-refractivity contribution in [3.63, 3.8) is 0 Å². The third-order valence-electron chi connectivity index (χ3n) is 1.49. The zero-order valence-corrected chi connectivity index (χ0v) is 7.44. The van der Waals surface area contributed by atoms with E-state index in [0.717, 1.165) is 0 Å². The highest BCUT2D eigenvalue weighted by Gasteiger charge is 2.39. The molecule has 0 aromatic rings. The van der Waals surface area contributed by atoms with Crippen molar-refractivity contribution >= 4 is 13.6 Å². The predicted molar refractivity (Wildman–Crippen MR) is 41.7 cm³/mol. The van der Waals surface area contributed by atoms with Gasteiger partial charge in [-0.3, -0.25) is 9.36 Å². The van der Waals surface area contributed by atoms with Crippen molar-refractivity contribution in [1.82, 2.24) is 0 Å². The van der Waals surface area contributed by atoms with E-state index >= 15 is 0 Å². The lowest BCUT2D eigenvalue weighted by Crippen LogP contribution is -2.39. The standard InChI is InChI=1S/C5H12NO5P/c1-2-3(6)4(5(7)8)12(9,10)11/h3-4H,2,6H2,1H3,(H,7,8)(H2,9,10,11). The molecule has 2 unspecified atom stereocenters. The molecule has 0 heterocycles. The molecular formula is C5H12NO5P. The summed E-state index contributed by atoms with van der Waals surface area (Å²) in [6, 6.07) is -1.01. The van der Waals surface area contributed by atoms with Crippen LogP contribution >= 0.6 is 7.60 Å². The second kappa shape index (κ2) is 4.00. The van der Waals surface area contributed by atoms with E-state index in [2.05, 4.69) is 0 Å². The van der Waals surface area contributed by atoms with Crippen LogP contribution in [0.15, 0.2) is 0 Å². The van der Waals surface area contributed by atoms with E-state index in [1.54, 1.807) is 6.92 Å². The summed E-state index contributed by atoms with van der Waals surface area (Å²) in [6.45, 7) is 1.57. The third-order valence-corrected chi connectivity index (χ3v) is 2.82. The van der Waals surface area contributed by atoms with Crippen LogP contribution in [0, 0.1) is 0 Å². The second-order valence-corrected chi connectivity index (χ2v) is 4.18.